The van der Waals surface area contributed by atoms with Gasteiger partial charge in [-0.25, -0.2) is 0 Å². The number of fused-ring (bicyclic) bond motifs is 1. The van der Waals surface area contributed by atoms with E-state index in [1.54, 1.807) is 11.1 Å². The zero-order valence-corrected chi connectivity index (χ0v) is 18.9. The van der Waals surface area contributed by atoms with E-state index >= 15 is 0 Å². The molecule has 3 rings (SSSR count). The summed E-state index contributed by atoms with van der Waals surface area (Å²) in [7, 11) is 0. The fourth-order valence-electron chi connectivity index (χ4n) is 5.70. The molecule has 0 aromatic heterocycles. The molecule has 3 aliphatic rings. The summed E-state index contributed by atoms with van der Waals surface area (Å²) in [6.07, 6.45) is 19.3. The van der Waals surface area contributed by atoms with Crippen LogP contribution >= 0.6 is 0 Å². The van der Waals surface area contributed by atoms with Gasteiger partial charge >= 0.3 is 0 Å². The van der Waals surface area contributed by atoms with Gasteiger partial charge in [-0.1, -0.05) is 67.5 Å². The summed E-state index contributed by atoms with van der Waals surface area (Å²) in [5.41, 5.74) is 5.14. The second-order valence-corrected chi connectivity index (χ2v) is 10.3. The number of aliphatic hydroxyl groups excluding tert-OH is 1. The molecule has 0 radical (unpaired) electrons. The Morgan fingerprint density at radius 3 is 2.79 bits per heavy atom. The summed E-state index contributed by atoms with van der Waals surface area (Å²) in [6, 6.07) is 0. The molecule has 2 N–H and O–H groups in total. The second kappa shape index (κ2) is 8.78. The Morgan fingerprint density at radius 2 is 2.07 bits per heavy atom. The maximum absolute atomic E-state index is 10.0. The number of hydrogen-bond acceptors (Lipinski definition) is 2. The molecule has 0 bridgehead atoms. The van der Waals surface area contributed by atoms with Gasteiger partial charge in [0.1, 0.15) is 0 Å². The van der Waals surface area contributed by atoms with Crippen molar-refractivity contribution in [3.05, 3.63) is 59.3 Å². The Bertz CT molecular complexity index is 743. The molecule has 2 nitrogen and oxygen atoms in total. The largest absolute Gasteiger partial charge is 0.393 e. The molecule has 2 fully saturated rings. The molecule has 160 valence electrons. The molecule has 0 aromatic rings. The fourth-order valence-corrected chi connectivity index (χ4v) is 5.70. The highest BCUT2D eigenvalue weighted by molar-refractivity contribution is 5.38. The van der Waals surface area contributed by atoms with Crippen LogP contribution in [0.5, 0.6) is 0 Å². The summed E-state index contributed by atoms with van der Waals surface area (Å²) < 4.78 is 0. The lowest BCUT2D eigenvalue weighted by Crippen LogP contribution is -2.32. The van der Waals surface area contributed by atoms with E-state index in [9.17, 15) is 10.2 Å². The molecule has 0 aromatic carbocycles. The normalized spacial score (nSPS) is 34.7. The van der Waals surface area contributed by atoms with Gasteiger partial charge in [0, 0.05) is 0 Å². The van der Waals surface area contributed by atoms with E-state index < -0.39 is 5.60 Å². The molecule has 0 unspecified atom stereocenters. The van der Waals surface area contributed by atoms with Gasteiger partial charge in [-0.3, -0.25) is 0 Å². The van der Waals surface area contributed by atoms with Gasteiger partial charge in [-0.05, 0) is 88.0 Å². The highest BCUT2D eigenvalue weighted by atomic mass is 16.3. The summed E-state index contributed by atoms with van der Waals surface area (Å²) in [5, 5.41) is 19.9. The highest BCUT2D eigenvalue weighted by Crippen LogP contribution is 2.56. The van der Waals surface area contributed by atoms with Crippen LogP contribution in [0.2, 0.25) is 0 Å². The Labute approximate surface area is 177 Å². The second-order valence-electron chi connectivity index (χ2n) is 10.3. The topological polar surface area (TPSA) is 40.5 Å². The van der Waals surface area contributed by atoms with Crippen molar-refractivity contribution < 1.29 is 10.2 Å². The van der Waals surface area contributed by atoms with Crippen molar-refractivity contribution in [2.75, 3.05) is 0 Å². The van der Waals surface area contributed by atoms with E-state index in [1.165, 1.54) is 30.4 Å². The minimum atomic E-state index is -0.735. The van der Waals surface area contributed by atoms with Crippen molar-refractivity contribution in [1.29, 1.82) is 0 Å². The molecule has 0 heterocycles. The Balaban J connectivity index is 1.73. The number of hydrogen-bond donors (Lipinski definition) is 2. The van der Waals surface area contributed by atoms with Crippen molar-refractivity contribution in [3.8, 4) is 0 Å². The quantitative estimate of drug-likeness (QED) is 0.526. The van der Waals surface area contributed by atoms with Gasteiger partial charge in [-0.15, -0.1) is 0 Å². The molecule has 3 aliphatic carbocycles. The van der Waals surface area contributed by atoms with Crippen LogP contribution in [0.3, 0.4) is 0 Å². The molecule has 0 aliphatic heterocycles. The molecule has 0 amide bonds. The lowest BCUT2D eigenvalue weighted by atomic mass is 9.62. The van der Waals surface area contributed by atoms with E-state index in [0.717, 1.165) is 32.1 Å². The van der Waals surface area contributed by atoms with E-state index in [-0.39, 0.29) is 11.5 Å². The van der Waals surface area contributed by atoms with Crippen molar-refractivity contribution in [2.45, 2.75) is 90.8 Å². The molecule has 2 saturated carbocycles. The first-order valence-corrected chi connectivity index (χ1v) is 11.5. The van der Waals surface area contributed by atoms with E-state index in [1.807, 2.05) is 19.9 Å². The predicted octanol–water partition coefficient (Wildman–Crippen LogP) is 6.43. The zero-order chi connectivity index (χ0) is 21.2. The monoisotopic (exact) mass is 396 g/mol. The van der Waals surface area contributed by atoms with Crippen LogP contribution in [0.25, 0.3) is 0 Å². The first kappa shape index (κ1) is 22.3. The van der Waals surface area contributed by atoms with E-state index in [0.29, 0.717) is 11.8 Å². The van der Waals surface area contributed by atoms with Crippen LogP contribution in [0.15, 0.2) is 59.3 Å². The SMILES string of the molecule is C=C1CC[C@H](O)C/C1=C/C=C1\CCC[C@]2(C)C([C@H](C)C/C=C\C(C)(C)O)=CC[C@@H]12. The first-order chi connectivity index (χ1) is 13.6. The van der Waals surface area contributed by atoms with Gasteiger partial charge in [0.25, 0.3) is 0 Å². The highest BCUT2D eigenvalue weighted by Gasteiger charge is 2.45. The lowest BCUT2D eigenvalue weighted by molar-refractivity contribution is 0.132. The minimum Gasteiger partial charge on any atom is -0.393 e. The van der Waals surface area contributed by atoms with Crippen molar-refractivity contribution in [1.82, 2.24) is 0 Å². The number of rotatable bonds is 5. The summed E-state index contributed by atoms with van der Waals surface area (Å²) in [4.78, 5) is 0. The smallest absolute Gasteiger partial charge is 0.0771 e. The average Bonchev–Trinajstić information content (AvgIpc) is 2.99. The van der Waals surface area contributed by atoms with Crippen LogP contribution < -0.4 is 0 Å². The van der Waals surface area contributed by atoms with Crippen LogP contribution in [0, 0.1) is 17.3 Å². The molecule has 29 heavy (non-hydrogen) atoms. The van der Waals surface area contributed by atoms with Crippen molar-refractivity contribution in [2.24, 2.45) is 17.3 Å². The molecule has 2 heteroatoms. The zero-order valence-electron chi connectivity index (χ0n) is 18.9. The summed E-state index contributed by atoms with van der Waals surface area (Å²) in [5.74, 6) is 1.11. The standard InChI is InChI=1S/C27H40O2/c1-19-10-13-23(28)18-22(19)12-11-21-9-7-17-27(5)24(14-15-25(21)27)20(2)8-6-16-26(3,4)29/h6,11-12,14,16,20,23,25,28-29H,1,7-10,13,15,17-18H2,2-5H3/b16-6-,21-11+,22-12-/t20-,23+,25+,27-/m1/s1. The third-order valence-electron chi connectivity index (χ3n) is 7.35. The molecule has 0 saturated heterocycles. The van der Waals surface area contributed by atoms with Gasteiger partial charge in [0.05, 0.1) is 11.7 Å². The minimum absolute atomic E-state index is 0.209. The molecular weight excluding hydrogens is 356 g/mol. The number of allylic oxidation sites excluding steroid dienone is 7. The van der Waals surface area contributed by atoms with Crippen LogP contribution in [-0.2, 0) is 0 Å². The van der Waals surface area contributed by atoms with Gasteiger partial charge in [0.15, 0.2) is 0 Å². The fraction of sp³-hybridized carbons (Fsp3) is 0.630. The maximum atomic E-state index is 10.0. The molecule has 4 atom stereocenters. The molecule has 0 spiro atoms. The Hall–Kier alpha value is -1.38. The lowest BCUT2D eigenvalue weighted by Gasteiger charge is -2.42. The molecular formula is C27H40O2. The predicted molar refractivity (Wildman–Crippen MR) is 123 cm³/mol. The van der Waals surface area contributed by atoms with Gasteiger partial charge < -0.3 is 10.2 Å². The average molecular weight is 397 g/mol. The third kappa shape index (κ3) is 5.22. The third-order valence-corrected chi connectivity index (χ3v) is 7.35. The first-order valence-electron chi connectivity index (χ1n) is 11.5. The van der Waals surface area contributed by atoms with Crippen LogP contribution in [-0.4, -0.2) is 21.9 Å². The van der Waals surface area contributed by atoms with Crippen LogP contribution in [0.4, 0.5) is 0 Å². The Kier molecular flexibility index (Phi) is 6.75. The Morgan fingerprint density at radius 1 is 1.31 bits per heavy atom. The van der Waals surface area contributed by atoms with Crippen LogP contribution in [0.1, 0.15) is 79.1 Å². The van der Waals surface area contributed by atoms with Gasteiger partial charge in [-0.2, -0.15) is 0 Å². The van der Waals surface area contributed by atoms with E-state index in [4.69, 9.17) is 0 Å². The van der Waals surface area contributed by atoms with Crippen molar-refractivity contribution in [3.63, 3.8) is 0 Å². The number of aliphatic hydroxyl groups is 2. The van der Waals surface area contributed by atoms with Gasteiger partial charge in [0.2, 0.25) is 0 Å². The maximum Gasteiger partial charge on any atom is 0.0771 e. The summed E-state index contributed by atoms with van der Waals surface area (Å²) in [6.45, 7) is 12.7. The summed E-state index contributed by atoms with van der Waals surface area (Å²) >= 11 is 0. The van der Waals surface area contributed by atoms with Crippen molar-refractivity contribution >= 4 is 0 Å². The van der Waals surface area contributed by atoms with E-state index in [2.05, 4.69) is 44.7 Å².